The summed E-state index contributed by atoms with van der Waals surface area (Å²) in [5.74, 6) is -0.358. The molecule has 0 bridgehead atoms. The minimum atomic E-state index is -1.12. The molecule has 1 aromatic carbocycles. The molecule has 7 nitrogen and oxygen atoms in total. The van der Waals surface area contributed by atoms with Gasteiger partial charge in [0.05, 0.1) is 11.9 Å². The monoisotopic (exact) mass is 286 g/mol. The smallest absolute Gasteiger partial charge is 0.354 e. The fourth-order valence-electron chi connectivity index (χ4n) is 1.84. The third-order valence-electron chi connectivity index (χ3n) is 2.88. The van der Waals surface area contributed by atoms with Crippen molar-refractivity contribution in [1.29, 1.82) is 0 Å². The number of pyridine rings is 1. The summed E-state index contributed by atoms with van der Waals surface area (Å²) in [6, 6.07) is 7.64. The van der Waals surface area contributed by atoms with Crippen molar-refractivity contribution in [2.45, 2.75) is 0 Å². The summed E-state index contributed by atoms with van der Waals surface area (Å²) >= 11 is 0. The average molecular weight is 286 g/mol. The Morgan fingerprint density at radius 2 is 1.95 bits per heavy atom. The van der Waals surface area contributed by atoms with Crippen LogP contribution in [0.1, 0.15) is 20.8 Å². The van der Waals surface area contributed by atoms with E-state index in [0.717, 1.165) is 0 Å². The molecular formula is C14H10N2O5. The van der Waals surface area contributed by atoms with Gasteiger partial charge in [-0.2, -0.15) is 0 Å². The van der Waals surface area contributed by atoms with E-state index in [1.165, 1.54) is 18.3 Å². The van der Waals surface area contributed by atoms with Crippen molar-refractivity contribution in [2.24, 2.45) is 0 Å². The van der Waals surface area contributed by atoms with Gasteiger partial charge in [0.1, 0.15) is 5.69 Å². The van der Waals surface area contributed by atoms with Gasteiger partial charge >= 0.3 is 5.97 Å². The lowest BCUT2D eigenvalue weighted by Gasteiger charge is -2.06. The van der Waals surface area contributed by atoms with E-state index in [1.54, 1.807) is 18.2 Å². The molecule has 1 aliphatic rings. The minimum Gasteiger partial charge on any atom is -0.477 e. The third kappa shape index (κ3) is 2.62. The van der Waals surface area contributed by atoms with Crippen molar-refractivity contribution in [3.05, 3.63) is 47.8 Å². The molecule has 0 saturated heterocycles. The van der Waals surface area contributed by atoms with Gasteiger partial charge in [0.25, 0.3) is 5.91 Å². The molecule has 0 spiro atoms. The van der Waals surface area contributed by atoms with Crippen LogP contribution >= 0.6 is 0 Å². The Kier molecular flexibility index (Phi) is 3.15. The lowest BCUT2D eigenvalue weighted by molar-refractivity contribution is 0.0690. The van der Waals surface area contributed by atoms with E-state index >= 15 is 0 Å². The van der Waals surface area contributed by atoms with Crippen LogP contribution in [0.3, 0.4) is 0 Å². The standard InChI is InChI=1S/C14H10N2O5/c17-13(8-1-4-11-12(5-8)21-7-20-11)16-9-2-3-10(14(18)19)15-6-9/h1-6H,7H2,(H,16,17)(H,18,19). The highest BCUT2D eigenvalue weighted by molar-refractivity contribution is 6.04. The maximum absolute atomic E-state index is 12.1. The van der Waals surface area contributed by atoms with Crippen LogP contribution < -0.4 is 14.8 Å². The topological polar surface area (TPSA) is 97.8 Å². The predicted octanol–water partition coefficient (Wildman–Crippen LogP) is 1.76. The van der Waals surface area contributed by atoms with Gasteiger partial charge in [-0.05, 0) is 30.3 Å². The Morgan fingerprint density at radius 3 is 2.67 bits per heavy atom. The van der Waals surface area contributed by atoms with E-state index in [2.05, 4.69) is 10.3 Å². The van der Waals surface area contributed by atoms with E-state index in [0.29, 0.717) is 22.7 Å². The van der Waals surface area contributed by atoms with Gasteiger partial charge in [0.15, 0.2) is 11.5 Å². The molecule has 3 rings (SSSR count). The van der Waals surface area contributed by atoms with E-state index in [4.69, 9.17) is 14.6 Å². The number of nitrogens with one attached hydrogen (secondary N) is 1. The van der Waals surface area contributed by atoms with Crippen LogP contribution in [0.5, 0.6) is 11.5 Å². The van der Waals surface area contributed by atoms with Crippen LogP contribution in [0.15, 0.2) is 36.5 Å². The first-order chi connectivity index (χ1) is 10.1. The molecule has 2 N–H and O–H groups in total. The molecule has 1 aliphatic heterocycles. The van der Waals surface area contributed by atoms with Crippen molar-refractivity contribution in [3.63, 3.8) is 0 Å². The molecule has 7 heteroatoms. The minimum absolute atomic E-state index is 0.0870. The van der Waals surface area contributed by atoms with Crippen molar-refractivity contribution in [1.82, 2.24) is 4.98 Å². The largest absolute Gasteiger partial charge is 0.477 e. The van der Waals surface area contributed by atoms with Crippen molar-refractivity contribution in [2.75, 3.05) is 12.1 Å². The van der Waals surface area contributed by atoms with E-state index in [9.17, 15) is 9.59 Å². The number of rotatable bonds is 3. The SMILES string of the molecule is O=C(Nc1ccc(C(=O)O)nc1)c1ccc2c(c1)OCO2. The van der Waals surface area contributed by atoms with E-state index in [-0.39, 0.29) is 18.4 Å². The number of anilines is 1. The Balaban J connectivity index is 1.75. The third-order valence-corrected chi connectivity index (χ3v) is 2.88. The molecule has 0 unspecified atom stereocenters. The Labute approximate surface area is 119 Å². The fourth-order valence-corrected chi connectivity index (χ4v) is 1.84. The van der Waals surface area contributed by atoms with Gasteiger partial charge in [-0.25, -0.2) is 9.78 Å². The van der Waals surface area contributed by atoms with Crippen molar-refractivity contribution in [3.8, 4) is 11.5 Å². The number of aromatic carboxylic acids is 1. The summed E-state index contributed by atoms with van der Waals surface area (Å²) in [4.78, 5) is 26.5. The summed E-state index contributed by atoms with van der Waals surface area (Å²) in [6.45, 7) is 0.140. The maximum atomic E-state index is 12.1. The highest BCUT2D eigenvalue weighted by atomic mass is 16.7. The van der Waals surface area contributed by atoms with Crippen LogP contribution in [0.2, 0.25) is 0 Å². The summed E-state index contributed by atoms with van der Waals surface area (Å²) in [5, 5.41) is 11.4. The summed E-state index contributed by atoms with van der Waals surface area (Å²) in [6.07, 6.45) is 1.29. The zero-order chi connectivity index (χ0) is 14.8. The zero-order valence-corrected chi connectivity index (χ0v) is 10.7. The van der Waals surface area contributed by atoms with Gasteiger partial charge in [0, 0.05) is 5.56 Å². The van der Waals surface area contributed by atoms with Gasteiger partial charge < -0.3 is 19.9 Å². The normalized spacial score (nSPS) is 12.0. The number of hydrogen-bond acceptors (Lipinski definition) is 5. The maximum Gasteiger partial charge on any atom is 0.354 e. The summed E-state index contributed by atoms with van der Waals surface area (Å²) < 4.78 is 10.4. The van der Waals surface area contributed by atoms with Gasteiger partial charge in [0.2, 0.25) is 6.79 Å². The van der Waals surface area contributed by atoms with Crippen LogP contribution in [-0.2, 0) is 0 Å². The number of aromatic nitrogens is 1. The van der Waals surface area contributed by atoms with E-state index < -0.39 is 5.97 Å². The van der Waals surface area contributed by atoms with Crippen molar-refractivity contribution >= 4 is 17.6 Å². The Morgan fingerprint density at radius 1 is 1.14 bits per heavy atom. The Hall–Kier alpha value is -3.09. The molecule has 2 heterocycles. The molecule has 0 fully saturated rings. The van der Waals surface area contributed by atoms with Crippen LogP contribution in [0.25, 0.3) is 0 Å². The second-order valence-corrected chi connectivity index (χ2v) is 4.26. The summed E-state index contributed by atoms with van der Waals surface area (Å²) in [7, 11) is 0. The number of ether oxygens (including phenoxy) is 2. The first-order valence-electron chi connectivity index (χ1n) is 6.04. The molecule has 1 amide bonds. The second-order valence-electron chi connectivity index (χ2n) is 4.26. The lowest BCUT2D eigenvalue weighted by atomic mass is 10.2. The molecule has 0 saturated carbocycles. The number of carboxylic acids is 1. The van der Waals surface area contributed by atoms with Crippen LogP contribution in [-0.4, -0.2) is 28.8 Å². The zero-order valence-electron chi connectivity index (χ0n) is 10.7. The first-order valence-corrected chi connectivity index (χ1v) is 6.04. The average Bonchev–Trinajstić information content (AvgIpc) is 2.95. The fraction of sp³-hybridized carbons (Fsp3) is 0.0714. The predicted molar refractivity (Wildman–Crippen MR) is 71.7 cm³/mol. The number of hydrogen-bond donors (Lipinski definition) is 2. The molecule has 21 heavy (non-hydrogen) atoms. The number of carbonyl (C=O) groups is 2. The number of nitrogens with zero attached hydrogens (tertiary/aromatic N) is 1. The quantitative estimate of drug-likeness (QED) is 0.892. The number of carboxylic acid groups (broad SMARTS) is 1. The summed E-state index contributed by atoms with van der Waals surface area (Å²) in [5.41, 5.74) is 0.723. The highest BCUT2D eigenvalue weighted by Gasteiger charge is 2.16. The van der Waals surface area contributed by atoms with Crippen LogP contribution in [0.4, 0.5) is 5.69 Å². The molecule has 0 aliphatic carbocycles. The number of fused-ring (bicyclic) bond motifs is 1. The molecule has 0 radical (unpaired) electrons. The number of carbonyl (C=O) groups excluding carboxylic acids is 1. The first kappa shape index (κ1) is 12.9. The van der Waals surface area contributed by atoms with Gasteiger partial charge in [-0.15, -0.1) is 0 Å². The Bertz CT molecular complexity index is 712. The second kappa shape index (κ2) is 5.12. The molecule has 106 valence electrons. The van der Waals surface area contributed by atoms with Crippen molar-refractivity contribution < 1.29 is 24.2 Å². The molecule has 0 atom stereocenters. The molecule has 2 aromatic rings. The number of amides is 1. The lowest BCUT2D eigenvalue weighted by Crippen LogP contribution is -2.12. The molecule has 1 aromatic heterocycles. The van der Waals surface area contributed by atoms with Gasteiger partial charge in [-0.1, -0.05) is 0 Å². The van der Waals surface area contributed by atoms with Crippen LogP contribution in [0, 0.1) is 0 Å². The highest BCUT2D eigenvalue weighted by Crippen LogP contribution is 2.32. The molecular weight excluding hydrogens is 276 g/mol. The van der Waals surface area contributed by atoms with Gasteiger partial charge in [-0.3, -0.25) is 4.79 Å². The van der Waals surface area contributed by atoms with E-state index in [1.807, 2.05) is 0 Å². The number of benzene rings is 1.